The molecule has 0 saturated carbocycles. The van der Waals surface area contributed by atoms with Gasteiger partial charge in [0.15, 0.2) is 12.3 Å². The number of rotatable bonds is 4. The minimum Gasteiger partial charge on any atom is -1.00 e. The van der Waals surface area contributed by atoms with Crippen molar-refractivity contribution in [1.82, 2.24) is 0 Å². The van der Waals surface area contributed by atoms with Crippen LogP contribution in [0.25, 0.3) is 0 Å². The molecule has 0 radical (unpaired) electrons. The molecule has 0 unspecified atom stereocenters. The van der Waals surface area contributed by atoms with Gasteiger partial charge >= 0.3 is 5.97 Å². The van der Waals surface area contributed by atoms with Crippen LogP contribution in [0.5, 0.6) is 0 Å². The van der Waals surface area contributed by atoms with Gasteiger partial charge in [-0.05, 0) is 26.0 Å². The Hall–Kier alpha value is -1.000. The summed E-state index contributed by atoms with van der Waals surface area (Å²) < 4.78 is 33.6. The summed E-state index contributed by atoms with van der Waals surface area (Å²) in [7, 11) is -4.26. The van der Waals surface area contributed by atoms with Gasteiger partial charge in [0, 0.05) is 18.6 Å². The first kappa shape index (κ1) is 19.0. The van der Waals surface area contributed by atoms with Crippen LogP contribution < -0.4 is 24.0 Å². The monoisotopic (exact) mass is 439 g/mol. The van der Waals surface area contributed by atoms with E-state index in [1.54, 1.807) is 6.07 Å². The number of carboxylic acid groups (broad SMARTS) is 1. The van der Waals surface area contributed by atoms with Gasteiger partial charge < -0.3 is 29.1 Å². The first-order valence-corrected chi connectivity index (χ1v) is 7.94. The summed E-state index contributed by atoms with van der Waals surface area (Å²) >= 11 is 0. The van der Waals surface area contributed by atoms with Crippen LogP contribution in [-0.4, -0.2) is 40.9 Å². The average molecular weight is 439 g/mol. The van der Waals surface area contributed by atoms with Crippen molar-refractivity contribution in [1.29, 1.82) is 0 Å². The fourth-order valence-electron chi connectivity index (χ4n) is 2.62. The molecule has 122 valence electrons. The van der Waals surface area contributed by atoms with Crippen molar-refractivity contribution in [3.63, 3.8) is 0 Å². The van der Waals surface area contributed by atoms with Crippen molar-refractivity contribution >= 4 is 27.5 Å². The van der Waals surface area contributed by atoms with E-state index in [2.05, 4.69) is 0 Å². The lowest BCUT2D eigenvalue weighted by Crippen LogP contribution is -3.00. The third-order valence-corrected chi connectivity index (χ3v) is 4.94. The highest BCUT2D eigenvalue weighted by Crippen LogP contribution is 2.40. The maximum atomic E-state index is 11.3. The maximum absolute atomic E-state index is 11.3. The number of halogens is 1. The van der Waals surface area contributed by atoms with E-state index >= 15 is 0 Å². The van der Waals surface area contributed by atoms with Crippen LogP contribution in [-0.2, 0) is 20.3 Å². The van der Waals surface area contributed by atoms with Crippen LogP contribution in [0, 0.1) is 0 Å². The van der Waals surface area contributed by atoms with E-state index in [0.29, 0.717) is 6.54 Å². The second kappa shape index (κ2) is 6.25. The second-order valence-electron chi connectivity index (χ2n) is 5.66. The smallest absolute Gasteiger partial charge is 0.309 e. The quantitative estimate of drug-likeness (QED) is 0.350. The third-order valence-electron chi connectivity index (χ3n) is 4.09. The Morgan fingerprint density at radius 2 is 1.91 bits per heavy atom. The predicted molar refractivity (Wildman–Crippen MR) is 77.0 cm³/mol. The van der Waals surface area contributed by atoms with Crippen molar-refractivity contribution in [2.24, 2.45) is 0 Å². The zero-order chi connectivity index (χ0) is 16.0. The number of hydrogen-bond acceptors (Lipinski definition) is 3. The van der Waals surface area contributed by atoms with Crippen molar-refractivity contribution in [3.8, 4) is 0 Å². The zero-order valence-electron chi connectivity index (χ0n) is 12.5. The highest BCUT2D eigenvalue weighted by Gasteiger charge is 2.43. The molecule has 1 heterocycles. The molecule has 1 aliphatic heterocycles. The molecule has 0 fully saturated rings. The number of carbonyl (C=O) groups is 1. The molecule has 0 atom stereocenters. The molecule has 0 bridgehead atoms. The summed E-state index contributed by atoms with van der Waals surface area (Å²) in [6.45, 7) is 6.10. The first-order chi connectivity index (χ1) is 9.55. The van der Waals surface area contributed by atoms with Gasteiger partial charge in [-0.1, -0.05) is 0 Å². The first-order valence-electron chi connectivity index (χ1n) is 6.50. The van der Waals surface area contributed by atoms with Crippen LogP contribution in [0.3, 0.4) is 0 Å². The van der Waals surface area contributed by atoms with Crippen LogP contribution in [0.1, 0.15) is 32.8 Å². The molecule has 8 heteroatoms. The molecule has 1 aromatic rings. The van der Waals surface area contributed by atoms with Gasteiger partial charge in [0.1, 0.15) is 6.42 Å². The topological polar surface area (TPSA) is 94.7 Å². The highest BCUT2D eigenvalue weighted by atomic mass is 127. The summed E-state index contributed by atoms with van der Waals surface area (Å²) in [5.74, 6) is -0.886. The molecule has 1 aliphatic rings. The Labute approximate surface area is 146 Å². The summed E-state index contributed by atoms with van der Waals surface area (Å²) in [6.07, 6.45) is -0.00703. The minimum absolute atomic E-state index is 0. The van der Waals surface area contributed by atoms with Gasteiger partial charge in [-0.3, -0.25) is 9.35 Å². The number of fused-ring (bicyclic) bond motifs is 1. The molecule has 1 aromatic carbocycles. The molecular weight excluding hydrogens is 421 g/mol. The molecule has 0 spiro atoms. The molecule has 2 N–H and O–H groups in total. The molecule has 0 saturated heterocycles. The molecule has 0 aliphatic carbocycles. The van der Waals surface area contributed by atoms with E-state index in [9.17, 15) is 17.8 Å². The van der Waals surface area contributed by atoms with Gasteiger partial charge in [0.2, 0.25) is 5.69 Å². The van der Waals surface area contributed by atoms with Gasteiger partial charge in [0.25, 0.3) is 10.1 Å². The Morgan fingerprint density at radius 1 is 1.32 bits per heavy atom. The molecule has 22 heavy (non-hydrogen) atoms. The standard InChI is InChI=1S/C14H17NO5S.HI/c1-9-14(2,3)11-8-10(21(18,19)20)4-5-12(11)15(9)7-6-13(16)17;/h4-5,8H,6-7H2,1-3H3,(H-,16,17,18,19,20);1H. The van der Waals surface area contributed by atoms with Gasteiger partial charge in [-0.15, -0.1) is 0 Å². The predicted octanol–water partition coefficient (Wildman–Crippen LogP) is -1.19. The lowest BCUT2D eigenvalue weighted by molar-refractivity contribution is -0.438. The van der Waals surface area contributed by atoms with Gasteiger partial charge in [-0.25, -0.2) is 0 Å². The number of benzene rings is 1. The average Bonchev–Trinajstić information content (AvgIpc) is 2.54. The largest absolute Gasteiger partial charge is 1.00 e. The Bertz CT molecular complexity index is 752. The number of aliphatic carboxylic acids is 1. The number of hydrogen-bond donors (Lipinski definition) is 2. The van der Waals surface area contributed by atoms with Crippen LogP contribution in [0.2, 0.25) is 0 Å². The number of nitrogens with zero attached hydrogens (tertiary/aromatic N) is 1. The lowest BCUT2D eigenvalue weighted by Gasteiger charge is -2.15. The maximum Gasteiger partial charge on any atom is 0.309 e. The highest BCUT2D eigenvalue weighted by molar-refractivity contribution is 7.85. The van der Waals surface area contributed by atoms with E-state index < -0.39 is 21.5 Å². The fourth-order valence-corrected chi connectivity index (χ4v) is 3.13. The zero-order valence-corrected chi connectivity index (χ0v) is 15.5. The molecule has 0 amide bonds. The Kier molecular flexibility index (Phi) is 5.41. The fraction of sp³-hybridized carbons (Fsp3) is 0.429. The Morgan fingerprint density at radius 3 is 2.41 bits per heavy atom. The van der Waals surface area contributed by atoms with Gasteiger partial charge in [-0.2, -0.15) is 13.0 Å². The van der Waals surface area contributed by atoms with E-state index in [-0.39, 0.29) is 35.3 Å². The number of carboxylic acids is 1. The summed E-state index contributed by atoms with van der Waals surface area (Å²) in [4.78, 5) is 10.6. The molecule has 0 aromatic heterocycles. The van der Waals surface area contributed by atoms with Crippen molar-refractivity contribution in [2.45, 2.75) is 37.5 Å². The van der Waals surface area contributed by atoms with Gasteiger partial charge in [0.05, 0.1) is 10.3 Å². The summed E-state index contributed by atoms with van der Waals surface area (Å²) in [6, 6.07) is 4.39. The van der Waals surface area contributed by atoms with E-state index in [1.807, 2.05) is 25.3 Å². The lowest BCUT2D eigenvalue weighted by atomic mass is 9.82. The van der Waals surface area contributed by atoms with Crippen LogP contribution in [0.4, 0.5) is 5.69 Å². The van der Waals surface area contributed by atoms with E-state index in [4.69, 9.17) is 5.11 Å². The normalized spacial score (nSPS) is 16.2. The second-order valence-corrected chi connectivity index (χ2v) is 7.08. The van der Waals surface area contributed by atoms with E-state index in [0.717, 1.165) is 17.0 Å². The minimum atomic E-state index is -4.26. The van der Waals surface area contributed by atoms with Crippen LogP contribution >= 0.6 is 0 Å². The molecule has 2 rings (SSSR count). The van der Waals surface area contributed by atoms with E-state index in [1.165, 1.54) is 12.1 Å². The van der Waals surface area contributed by atoms with Crippen molar-refractivity contribution < 1.29 is 51.4 Å². The molecular formula is C14H18INO5S. The molecule has 6 nitrogen and oxygen atoms in total. The Balaban J connectivity index is 0.00000242. The van der Waals surface area contributed by atoms with Crippen LogP contribution in [0.15, 0.2) is 23.1 Å². The summed E-state index contributed by atoms with van der Waals surface area (Å²) in [5, 5.41) is 8.84. The van der Waals surface area contributed by atoms with Crippen molar-refractivity contribution in [3.05, 3.63) is 23.8 Å². The summed E-state index contributed by atoms with van der Waals surface area (Å²) in [5.41, 5.74) is 2.08. The SMILES string of the molecule is CC1=[N+](CCC(=O)O)c2ccc(S(=O)(=O)O)cc2C1(C)C.[I-]. The third kappa shape index (κ3) is 3.33. The van der Waals surface area contributed by atoms with Crippen molar-refractivity contribution in [2.75, 3.05) is 6.54 Å².